The molecule has 2 heterocycles. The number of sulfonamides is 1. The minimum Gasteiger partial charge on any atom is -0.480 e. The third kappa shape index (κ3) is 6.80. The van der Waals surface area contributed by atoms with Crippen LogP contribution in [0.15, 0.2) is 47.4 Å². The zero-order chi connectivity index (χ0) is 28.2. The van der Waals surface area contributed by atoms with E-state index >= 15 is 0 Å². The second kappa shape index (κ2) is 11.9. The number of carbonyl (C=O) groups excluding carboxylic acids is 2. The first-order chi connectivity index (χ1) is 18.5. The molecule has 2 aromatic rings. The minimum absolute atomic E-state index is 0.131. The second-order valence-electron chi connectivity index (χ2n) is 9.63. The van der Waals surface area contributed by atoms with Crippen molar-refractivity contribution < 1.29 is 37.8 Å². The number of aliphatic carboxylic acids is 1. The molecule has 1 fully saturated rings. The summed E-state index contributed by atoms with van der Waals surface area (Å²) in [7, 11) is -4.32. The summed E-state index contributed by atoms with van der Waals surface area (Å²) in [6.45, 7) is 2.52. The van der Waals surface area contributed by atoms with Crippen LogP contribution in [0.3, 0.4) is 0 Å². The van der Waals surface area contributed by atoms with Crippen molar-refractivity contribution in [3.63, 3.8) is 0 Å². The number of carboxylic acid groups (broad SMARTS) is 2. The maximum atomic E-state index is 12.9. The molecule has 1 saturated heterocycles. The van der Waals surface area contributed by atoms with Gasteiger partial charge in [0.1, 0.15) is 6.04 Å². The molecule has 1 atom stereocenters. The highest BCUT2D eigenvalue weighted by molar-refractivity contribution is 7.89. The van der Waals surface area contributed by atoms with Crippen LogP contribution in [0.2, 0.25) is 0 Å². The van der Waals surface area contributed by atoms with Gasteiger partial charge in [0.2, 0.25) is 10.0 Å². The van der Waals surface area contributed by atoms with E-state index in [0.29, 0.717) is 24.6 Å². The first kappa shape index (κ1) is 28.2. The number of nitrogens with zero attached hydrogens (tertiary/aromatic N) is 1. The lowest BCUT2D eigenvalue weighted by Crippen LogP contribution is -2.48. The Labute approximate surface area is 225 Å². The Morgan fingerprint density at radius 2 is 1.69 bits per heavy atom. The molecule has 0 aromatic heterocycles. The van der Waals surface area contributed by atoms with Gasteiger partial charge in [-0.1, -0.05) is 6.07 Å². The molecular weight excluding hydrogens is 528 g/mol. The summed E-state index contributed by atoms with van der Waals surface area (Å²) in [6, 6.07) is 7.27. The van der Waals surface area contributed by atoms with Crippen molar-refractivity contribution in [2.45, 2.75) is 36.7 Å². The van der Waals surface area contributed by atoms with Crippen molar-refractivity contribution in [2.75, 3.05) is 26.2 Å². The molecule has 0 unspecified atom stereocenters. The molecule has 2 amide bonds. The van der Waals surface area contributed by atoms with Crippen LogP contribution in [0.5, 0.6) is 0 Å². The van der Waals surface area contributed by atoms with Gasteiger partial charge in [-0.2, -0.15) is 4.72 Å². The van der Waals surface area contributed by atoms with E-state index in [-0.39, 0.29) is 21.9 Å². The molecule has 2 aliphatic heterocycles. The van der Waals surface area contributed by atoms with Crippen molar-refractivity contribution in [1.29, 1.82) is 0 Å². The van der Waals surface area contributed by atoms with Gasteiger partial charge in [0, 0.05) is 30.8 Å². The fourth-order valence-electron chi connectivity index (χ4n) is 4.70. The Bertz CT molecular complexity index is 1370. The fraction of sp³-hybridized carbons (Fsp3) is 0.385. The highest BCUT2D eigenvalue weighted by Crippen LogP contribution is 2.26. The predicted molar refractivity (Wildman–Crippen MR) is 139 cm³/mol. The van der Waals surface area contributed by atoms with Crippen LogP contribution >= 0.6 is 0 Å². The number of carbonyl (C=O) groups is 4. The second-order valence-corrected chi connectivity index (χ2v) is 11.3. The molecule has 12 nitrogen and oxygen atoms in total. The van der Waals surface area contributed by atoms with Crippen molar-refractivity contribution in [3.8, 4) is 0 Å². The molecule has 2 aliphatic rings. The zero-order valence-electron chi connectivity index (χ0n) is 21.1. The number of nitrogens with one attached hydrogen (secondary N) is 3. The van der Waals surface area contributed by atoms with Crippen LogP contribution in [-0.4, -0.2) is 79.5 Å². The van der Waals surface area contributed by atoms with Gasteiger partial charge in [0.15, 0.2) is 0 Å². The molecular formula is C26H30N4O8S. The Morgan fingerprint density at radius 1 is 1.03 bits per heavy atom. The first-order valence-electron chi connectivity index (χ1n) is 12.5. The lowest BCUT2D eigenvalue weighted by atomic mass is 9.94. The number of piperidine rings is 1. The molecule has 4 rings (SSSR count). The molecule has 0 aliphatic carbocycles. The Morgan fingerprint density at radius 3 is 2.33 bits per heavy atom. The van der Waals surface area contributed by atoms with Gasteiger partial charge in [-0.05, 0) is 80.2 Å². The van der Waals surface area contributed by atoms with E-state index in [9.17, 15) is 32.7 Å². The van der Waals surface area contributed by atoms with Crippen molar-refractivity contribution in [1.82, 2.24) is 20.3 Å². The number of rotatable bonds is 11. The van der Waals surface area contributed by atoms with Crippen molar-refractivity contribution in [2.24, 2.45) is 5.92 Å². The van der Waals surface area contributed by atoms with Crippen LogP contribution in [-0.2, 0) is 21.4 Å². The number of aromatic carboxylic acids is 1. The molecule has 0 saturated carbocycles. The lowest BCUT2D eigenvalue weighted by Gasteiger charge is -2.25. The van der Waals surface area contributed by atoms with Gasteiger partial charge in [0.05, 0.1) is 10.5 Å². The molecule has 5 N–H and O–H groups in total. The topological polar surface area (TPSA) is 182 Å². The Balaban J connectivity index is 1.36. The number of amides is 2. The van der Waals surface area contributed by atoms with E-state index in [0.717, 1.165) is 62.2 Å². The molecule has 208 valence electrons. The third-order valence-electron chi connectivity index (χ3n) is 6.99. The van der Waals surface area contributed by atoms with Crippen LogP contribution < -0.4 is 15.4 Å². The maximum Gasteiger partial charge on any atom is 0.335 e. The quantitative estimate of drug-likeness (QED) is 0.267. The van der Waals surface area contributed by atoms with Gasteiger partial charge in [-0.3, -0.25) is 14.4 Å². The summed E-state index contributed by atoms with van der Waals surface area (Å²) in [5.41, 5.74) is 1.26. The fourth-order valence-corrected chi connectivity index (χ4v) is 5.89. The first-order valence-corrected chi connectivity index (χ1v) is 14.0. The average Bonchev–Trinajstić information content (AvgIpc) is 3.24. The van der Waals surface area contributed by atoms with E-state index in [1.54, 1.807) is 17.0 Å². The monoisotopic (exact) mass is 558 g/mol. The van der Waals surface area contributed by atoms with E-state index < -0.39 is 40.5 Å². The van der Waals surface area contributed by atoms with Crippen molar-refractivity contribution in [3.05, 3.63) is 64.7 Å². The molecule has 39 heavy (non-hydrogen) atoms. The van der Waals surface area contributed by atoms with E-state index in [1.165, 1.54) is 6.07 Å². The van der Waals surface area contributed by atoms with E-state index in [4.69, 9.17) is 5.11 Å². The van der Waals surface area contributed by atoms with Gasteiger partial charge in [-0.15, -0.1) is 0 Å². The minimum atomic E-state index is -4.32. The summed E-state index contributed by atoms with van der Waals surface area (Å²) >= 11 is 0. The molecule has 0 radical (unpaired) electrons. The Kier molecular flexibility index (Phi) is 8.63. The number of hydrogen-bond acceptors (Lipinski definition) is 7. The highest BCUT2D eigenvalue weighted by Gasteiger charge is 2.30. The van der Waals surface area contributed by atoms with Gasteiger partial charge in [-0.25, -0.2) is 13.2 Å². The molecule has 13 heteroatoms. The summed E-state index contributed by atoms with van der Waals surface area (Å²) in [5, 5.41) is 24.2. The smallest absolute Gasteiger partial charge is 0.335 e. The lowest BCUT2D eigenvalue weighted by molar-refractivity contribution is -0.138. The number of carboxylic acids is 2. The van der Waals surface area contributed by atoms with Crippen LogP contribution in [0, 0.1) is 5.92 Å². The van der Waals surface area contributed by atoms with Crippen LogP contribution in [0.25, 0.3) is 0 Å². The summed E-state index contributed by atoms with van der Waals surface area (Å²) in [5.74, 6) is -2.99. The van der Waals surface area contributed by atoms with E-state index in [2.05, 4.69) is 10.6 Å². The molecule has 0 bridgehead atoms. The summed E-state index contributed by atoms with van der Waals surface area (Å²) in [4.78, 5) is 49.8. The van der Waals surface area contributed by atoms with Gasteiger partial charge < -0.3 is 25.7 Å². The zero-order valence-corrected chi connectivity index (χ0v) is 21.9. The Hall–Kier alpha value is -3.81. The number of hydrogen-bond donors (Lipinski definition) is 5. The average molecular weight is 559 g/mol. The number of benzene rings is 2. The number of fused-ring (bicyclic) bond motifs is 1. The summed E-state index contributed by atoms with van der Waals surface area (Å²) < 4.78 is 27.2. The van der Waals surface area contributed by atoms with Crippen LogP contribution in [0.1, 0.15) is 55.9 Å². The largest absolute Gasteiger partial charge is 0.480 e. The molecule has 2 aromatic carbocycles. The standard InChI is InChI=1S/C26H30N4O8S/c31-23(28-14-22(26(35)36)29-39(37,38)20-5-3-17(4-6-20)25(33)34)18-1-2-19-15-30(24(32)21(19)13-18)12-9-16-7-10-27-11-8-16/h1-6,13,16,22,27,29H,7-12,14-15H2,(H,28,31)(H,33,34)(H,35,36)/t22-/m0/s1. The predicted octanol–water partition coefficient (Wildman–Crippen LogP) is 0.892. The van der Waals surface area contributed by atoms with E-state index in [1.807, 2.05) is 4.72 Å². The maximum absolute atomic E-state index is 12.9. The van der Waals surface area contributed by atoms with Gasteiger partial charge in [0.25, 0.3) is 11.8 Å². The SMILES string of the molecule is O=C(O)c1ccc(S(=O)(=O)N[C@@H](CNC(=O)c2ccc3c(c2)C(=O)N(CCC2CCNCC2)C3)C(=O)O)cc1. The van der Waals surface area contributed by atoms with Crippen LogP contribution in [0.4, 0.5) is 0 Å². The van der Waals surface area contributed by atoms with Gasteiger partial charge >= 0.3 is 11.9 Å². The highest BCUT2D eigenvalue weighted by atomic mass is 32.2. The normalized spacial score (nSPS) is 16.5. The summed E-state index contributed by atoms with van der Waals surface area (Å²) in [6.07, 6.45) is 3.10. The van der Waals surface area contributed by atoms with Crippen molar-refractivity contribution >= 4 is 33.8 Å². The molecule has 0 spiro atoms. The third-order valence-corrected chi connectivity index (χ3v) is 8.48.